The second-order valence-corrected chi connectivity index (χ2v) is 13.2. The zero-order chi connectivity index (χ0) is 16.5. The van der Waals surface area contributed by atoms with Crippen LogP contribution < -0.4 is 0 Å². The summed E-state index contributed by atoms with van der Waals surface area (Å²) in [4.78, 5) is 0. The van der Waals surface area contributed by atoms with Crippen molar-refractivity contribution in [1.82, 2.24) is 0 Å². The predicted molar refractivity (Wildman–Crippen MR) is 106 cm³/mol. The molecule has 0 unspecified atom stereocenters. The Kier molecular flexibility index (Phi) is 16.0. The number of halogens is 1. The van der Waals surface area contributed by atoms with Crippen LogP contribution in [0.15, 0.2) is 0 Å². The molecule has 0 aromatic carbocycles. The fourth-order valence-corrected chi connectivity index (χ4v) is 3.43. The lowest BCUT2D eigenvalue weighted by Gasteiger charge is -2.03. The van der Waals surface area contributed by atoms with Gasteiger partial charge in [0.25, 0.3) is 0 Å². The Labute approximate surface area is 146 Å². The lowest BCUT2D eigenvalue weighted by molar-refractivity contribution is 0.536. The van der Waals surface area contributed by atoms with Crippen LogP contribution in [0.2, 0.25) is 13.1 Å². The normalized spacial score (nSPS) is 11.3. The maximum Gasteiger partial charge on any atom is 0.228 e. The highest BCUT2D eigenvalue weighted by Crippen LogP contribution is 2.13. The third-order valence-electron chi connectivity index (χ3n) is 4.04. The summed E-state index contributed by atoms with van der Waals surface area (Å²) in [6, 6.07) is 0. The van der Waals surface area contributed by atoms with Crippen LogP contribution >= 0.6 is 11.1 Å². The van der Waals surface area contributed by atoms with Crippen LogP contribution in [0, 0.1) is 11.5 Å². The summed E-state index contributed by atoms with van der Waals surface area (Å²) in [6.45, 7) is 6.47. The minimum atomic E-state index is -1.65. The van der Waals surface area contributed by atoms with Gasteiger partial charge in [-0.2, -0.15) is 11.1 Å². The van der Waals surface area contributed by atoms with Crippen molar-refractivity contribution in [2.24, 2.45) is 0 Å². The molecule has 0 saturated heterocycles. The maximum absolute atomic E-state index is 6.16. The Hall–Kier alpha value is 0.0669. The SMILES string of the molecule is CCCCCCCCCCCCCCCCC#C[Si](C)(C)Cl. The van der Waals surface area contributed by atoms with Crippen LogP contribution in [0.4, 0.5) is 0 Å². The molecule has 0 saturated carbocycles. The Morgan fingerprint density at radius 3 is 1.36 bits per heavy atom. The summed E-state index contributed by atoms with van der Waals surface area (Å²) in [7, 11) is -1.65. The van der Waals surface area contributed by atoms with Gasteiger partial charge < -0.3 is 0 Å². The molecule has 0 amide bonds. The summed E-state index contributed by atoms with van der Waals surface area (Å²) in [5.41, 5.74) is 3.22. The van der Waals surface area contributed by atoms with Crippen LogP contribution in [-0.4, -0.2) is 7.38 Å². The minimum Gasteiger partial charge on any atom is -0.151 e. The van der Waals surface area contributed by atoms with Gasteiger partial charge in [-0.3, -0.25) is 0 Å². The molecular formula is C20H39ClSi. The van der Waals surface area contributed by atoms with Crippen molar-refractivity contribution >= 4 is 18.5 Å². The molecule has 0 aliphatic heterocycles. The molecule has 0 aliphatic rings. The lowest BCUT2D eigenvalue weighted by atomic mass is 10.0. The van der Waals surface area contributed by atoms with E-state index in [4.69, 9.17) is 11.1 Å². The zero-order valence-corrected chi connectivity index (χ0v) is 17.2. The van der Waals surface area contributed by atoms with E-state index in [-0.39, 0.29) is 0 Å². The molecule has 0 nitrogen and oxygen atoms in total. The first-order valence-corrected chi connectivity index (χ1v) is 13.8. The minimum absolute atomic E-state index is 1.04. The molecule has 0 aromatic heterocycles. The molecule has 22 heavy (non-hydrogen) atoms. The number of rotatable bonds is 14. The molecule has 0 N–H and O–H groups in total. The van der Waals surface area contributed by atoms with Gasteiger partial charge in [-0.05, 0) is 19.5 Å². The molecule has 0 atom stereocenters. The largest absolute Gasteiger partial charge is 0.228 e. The van der Waals surface area contributed by atoms with E-state index in [1.807, 2.05) is 0 Å². The molecular weight excluding hydrogens is 304 g/mol. The number of hydrogen-bond donors (Lipinski definition) is 0. The quantitative estimate of drug-likeness (QED) is 0.130. The van der Waals surface area contributed by atoms with E-state index in [0.717, 1.165) is 6.42 Å². The Morgan fingerprint density at radius 1 is 0.636 bits per heavy atom. The maximum atomic E-state index is 6.16. The summed E-state index contributed by atoms with van der Waals surface area (Å²) in [5, 5.41) is 0. The highest BCUT2D eigenvalue weighted by atomic mass is 35.6. The summed E-state index contributed by atoms with van der Waals surface area (Å²) in [5.74, 6) is 3.25. The molecule has 0 spiro atoms. The van der Waals surface area contributed by atoms with Crippen LogP contribution in [0.3, 0.4) is 0 Å². The summed E-state index contributed by atoms with van der Waals surface area (Å²) < 4.78 is 0. The number of unbranched alkanes of at least 4 members (excludes halogenated alkanes) is 14. The van der Waals surface area contributed by atoms with Crippen molar-refractivity contribution < 1.29 is 0 Å². The molecule has 0 radical (unpaired) electrons. The highest BCUT2D eigenvalue weighted by Gasteiger charge is 2.11. The number of hydrogen-bond acceptors (Lipinski definition) is 0. The van der Waals surface area contributed by atoms with E-state index in [1.165, 1.54) is 89.9 Å². The second kappa shape index (κ2) is 15.9. The van der Waals surface area contributed by atoms with Crippen molar-refractivity contribution in [3.05, 3.63) is 0 Å². The first-order valence-electron chi connectivity index (χ1n) is 9.75. The molecule has 0 bridgehead atoms. The van der Waals surface area contributed by atoms with Crippen molar-refractivity contribution in [3.63, 3.8) is 0 Å². The summed E-state index contributed by atoms with van der Waals surface area (Å²) in [6.07, 6.45) is 20.9. The van der Waals surface area contributed by atoms with Crippen molar-refractivity contribution in [2.45, 2.75) is 116 Å². The topological polar surface area (TPSA) is 0 Å². The van der Waals surface area contributed by atoms with Gasteiger partial charge in [0.1, 0.15) is 0 Å². The predicted octanol–water partition coefficient (Wildman–Crippen LogP) is 7.84. The lowest BCUT2D eigenvalue weighted by Crippen LogP contribution is -2.12. The van der Waals surface area contributed by atoms with Gasteiger partial charge in [0.15, 0.2) is 0 Å². The smallest absolute Gasteiger partial charge is 0.151 e. The van der Waals surface area contributed by atoms with Crippen molar-refractivity contribution in [2.75, 3.05) is 0 Å². The summed E-state index contributed by atoms with van der Waals surface area (Å²) >= 11 is 6.16. The van der Waals surface area contributed by atoms with E-state index in [1.54, 1.807) is 0 Å². The molecule has 0 heterocycles. The standard InChI is InChI=1S/C20H39ClSi/c1-4-5-6-7-8-9-10-11-12-13-14-15-16-17-18-19-20-22(2,3)21/h4-18H2,1-3H3. The van der Waals surface area contributed by atoms with Crippen LogP contribution in [0.5, 0.6) is 0 Å². The van der Waals surface area contributed by atoms with E-state index < -0.39 is 7.38 Å². The average molecular weight is 343 g/mol. The Bertz CT molecular complexity index is 282. The molecule has 130 valence electrons. The average Bonchev–Trinajstić information content (AvgIpc) is 2.45. The fraction of sp³-hybridized carbons (Fsp3) is 0.900. The van der Waals surface area contributed by atoms with E-state index in [9.17, 15) is 0 Å². The van der Waals surface area contributed by atoms with Crippen LogP contribution in [-0.2, 0) is 0 Å². The van der Waals surface area contributed by atoms with E-state index in [0.29, 0.717) is 0 Å². The van der Waals surface area contributed by atoms with Gasteiger partial charge in [0.05, 0.1) is 0 Å². The third kappa shape index (κ3) is 20.1. The van der Waals surface area contributed by atoms with Crippen LogP contribution in [0.25, 0.3) is 0 Å². The first-order chi connectivity index (χ1) is 10.6. The zero-order valence-electron chi connectivity index (χ0n) is 15.5. The van der Waals surface area contributed by atoms with Gasteiger partial charge in [0.2, 0.25) is 7.38 Å². The molecule has 0 aliphatic carbocycles. The van der Waals surface area contributed by atoms with Crippen molar-refractivity contribution in [1.29, 1.82) is 0 Å². The fourth-order valence-electron chi connectivity index (χ4n) is 2.68. The Balaban J connectivity index is 3.10. The van der Waals surface area contributed by atoms with Crippen molar-refractivity contribution in [3.8, 4) is 11.5 Å². The van der Waals surface area contributed by atoms with E-state index >= 15 is 0 Å². The second-order valence-electron chi connectivity index (χ2n) is 7.12. The van der Waals surface area contributed by atoms with E-state index in [2.05, 4.69) is 31.5 Å². The Morgan fingerprint density at radius 2 is 1.00 bits per heavy atom. The molecule has 0 aromatic rings. The monoisotopic (exact) mass is 342 g/mol. The first kappa shape index (κ1) is 22.1. The van der Waals surface area contributed by atoms with Gasteiger partial charge in [0, 0.05) is 6.42 Å². The molecule has 0 rings (SSSR count). The molecule has 0 fully saturated rings. The van der Waals surface area contributed by atoms with Gasteiger partial charge in [-0.1, -0.05) is 90.4 Å². The van der Waals surface area contributed by atoms with Crippen LogP contribution in [0.1, 0.15) is 103 Å². The highest BCUT2D eigenvalue weighted by molar-refractivity contribution is 7.23. The molecule has 2 heteroatoms. The third-order valence-corrected chi connectivity index (χ3v) is 5.10. The van der Waals surface area contributed by atoms with Gasteiger partial charge in [-0.25, -0.2) is 0 Å². The van der Waals surface area contributed by atoms with Gasteiger partial charge in [-0.15, -0.1) is 11.5 Å². The van der Waals surface area contributed by atoms with Gasteiger partial charge >= 0.3 is 0 Å².